The fourth-order valence-electron chi connectivity index (χ4n) is 2.01. The third-order valence-electron chi connectivity index (χ3n) is 2.91. The summed E-state index contributed by atoms with van der Waals surface area (Å²) in [5.41, 5.74) is 6.80. The van der Waals surface area contributed by atoms with Gasteiger partial charge < -0.3 is 11.1 Å². The lowest BCUT2D eigenvalue weighted by Gasteiger charge is -2.33. The lowest BCUT2D eigenvalue weighted by molar-refractivity contribution is 0.0896. The molecule has 0 saturated heterocycles. The summed E-state index contributed by atoms with van der Waals surface area (Å²) in [6.45, 7) is 3.97. The lowest BCUT2D eigenvalue weighted by Crippen LogP contribution is -2.43. The quantitative estimate of drug-likeness (QED) is 0.673. The van der Waals surface area contributed by atoms with Gasteiger partial charge in [0, 0.05) is 11.7 Å². The Hall–Kier alpha value is -1.52. The number of rotatable bonds is 2. The van der Waals surface area contributed by atoms with Crippen LogP contribution in [0, 0.1) is 12.8 Å². The topological polar surface area (TPSA) is 83.8 Å². The molecule has 5 nitrogen and oxygen atoms in total. The molecule has 4 N–H and O–H groups in total. The molecule has 0 spiro atoms. The fraction of sp³-hybridized carbons (Fsp3) is 0.600. The van der Waals surface area contributed by atoms with Gasteiger partial charge in [-0.25, -0.2) is 0 Å². The highest BCUT2D eigenvalue weighted by atomic mass is 16.1. The largest absolute Gasteiger partial charge is 0.382 e. The second kappa shape index (κ2) is 3.56. The van der Waals surface area contributed by atoms with Crippen LogP contribution < -0.4 is 11.1 Å². The average Bonchev–Trinajstić information content (AvgIpc) is 2.43. The van der Waals surface area contributed by atoms with Crippen LogP contribution in [0.2, 0.25) is 0 Å². The maximum Gasteiger partial charge on any atom is 0.257 e. The summed E-state index contributed by atoms with van der Waals surface area (Å²) >= 11 is 0. The van der Waals surface area contributed by atoms with Gasteiger partial charge in [-0.2, -0.15) is 5.10 Å². The highest BCUT2D eigenvalue weighted by molar-refractivity contribution is 5.99. The van der Waals surface area contributed by atoms with Crippen molar-refractivity contribution in [1.29, 1.82) is 0 Å². The number of nitrogen functional groups attached to an aromatic ring is 1. The third kappa shape index (κ3) is 1.82. The average molecular weight is 208 g/mol. The third-order valence-corrected chi connectivity index (χ3v) is 2.91. The van der Waals surface area contributed by atoms with Gasteiger partial charge in [-0.3, -0.25) is 9.89 Å². The smallest absolute Gasteiger partial charge is 0.257 e. The Bertz CT molecular complexity index is 359. The van der Waals surface area contributed by atoms with E-state index in [1.165, 1.54) is 0 Å². The van der Waals surface area contributed by atoms with E-state index in [9.17, 15) is 4.79 Å². The Kier molecular flexibility index (Phi) is 2.38. The molecule has 1 amide bonds. The number of H-pyrrole nitrogens is 1. The number of hydrogen-bond donors (Lipinski definition) is 3. The Morgan fingerprint density at radius 3 is 2.73 bits per heavy atom. The van der Waals surface area contributed by atoms with E-state index >= 15 is 0 Å². The van der Waals surface area contributed by atoms with E-state index in [1.54, 1.807) is 6.92 Å². The summed E-state index contributed by atoms with van der Waals surface area (Å²) in [6.07, 6.45) is 2.12. The van der Waals surface area contributed by atoms with E-state index in [2.05, 4.69) is 22.4 Å². The first-order chi connectivity index (χ1) is 7.08. The SMILES string of the molecule is Cc1[nH]nc(N)c1C(=O)NC1CC(C)C1. The lowest BCUT2D eigenvalue weighted by atomic mass is 9.82. The van der Waals surface area contributed by atoms with Crippen molar-refractivity contribution in [2.24, 2.45) is 5.92 Å². The van der Waals surface area contributed by atoms with Gasteiger partial charge in [-0.05, 0) is 25.7 Å². The molecule has 1 aromatic heterocycles. The molecule has 0 bridgehead atoms. The number of nitrogens with one attached hydrogen (secondary N) is 2. The molecule has 1 aliphatic rings. The summed E-state index contributed by atoms with van der Waals surface area (Å²) in [5.74, 6) is 0.881. The standard InChI is InChI=1S/C10H16N4O/c1-5-3-7(4-5)12-10(15)8-6(2)13-14-9(8)11/h5,7H,3-4H2,1-2H3,(H,12,15)(H3,11,13,14). The Labute approximate surface area is 88.4 Å². The van der Waals surface area contributed by atoms with Crippen LogP contribution in [0.4, 0.5) is 5.82 Å². The highest BCUT2D eigenvalue weighted by Crippen LogP contribution is 2.26. The van der Waals surface area contributed by atoms with E-state index in [4.69, 9.17) is 5.73 Å². The van der Waals surface area contributed by atoms with E-state index in [0.717, 1.165) is 24.5 Å². The zero-order valence-electron chi connectivity index (χ0n) is 9.00. The normalized spacial score (nSPS) is 24.7. The number of nitrogens with two attached hydrogens (primary N) is 1. The van der Waals surface area contributed by atoms with Crippen molar-refractivity contribution in [2.75, 3.05) is 5.73 Å². The number of amides is 1. The summed E-state index contributed by atoms with van der Waals surface area (Å²) in [5, 5.41) is 9.45. The molecular weight excluding hydrogens is 192 g/mol. The van der Waals surface area contributed by atoms with Crippen LogP contribution >= 0.6 is 0 Å². The predicted molar refractivity (Wildman–Crippen MR) is 57.4 cm³/mol. The molecule has 1 aliphatic carbocycles. The Morgan fingerprint density at radius 1 is 1.60 bits per heavy atom. The summed E-state index contributed by atoms with van der Waals surface area (Å²) in [6, 6.07) is 0.307. The Balaban J connectivity index is 2.02. The van der Waals surface area contributed by atoms with Gasteiger partial charge in [-0.15, -0.1) is 0 Å². The number of aromatic amines is 1. The number of carbonyl (C=O) groups excluding carboxylic acids is 1. The first kappa shape index (κ1) is 10.0. The van der Waals surface area contributed by atoms with E-state index in [1.807, 2.05) is 0 Å². The first-order valence-corrected chi connectivity index (χ1v) is 5.19. The van der Waals surface area contributed by atoms with Crippen molar-refractivity contribution in [2.45, 2.75) is 32.7 Å². The molecule has 0 aliphatic heterocycles. The maximum atomic E-state index is 11.8. The molecular formula is C10H16N4O. The minimum atomic E-state index is -0.115. The highest BCUT2D eigenvalue weighted by Gasteiger charge is 2.28. The van der Waals surface area contributed by atoms with Gasteiger partial charge >= 0.3 is 0 Å². The number of nitrogens with zero attached hydrogens (tertiary/aromatic N) is 1. The molecule has 82 valence electrons. The second-order valence-electron chi connectivity index (χ2n) is 4.36. The van der Waals surface area contributed by atoms with E-state index in [0.29, 0.717) is 11.6 Å². The molecule has 1 heterocycles. The molecule has 2 rings (SSSR count). The number of aromatic nitrogens is 2. The van der Waals surface area contributed by atoms with Crippen molar-refractivity contribution in [3.05, 3.63) is 11.3 Å². The van der Waals surface area contributed by atoms with Gasteiger partial charge in [0.05, 0.1) is 0 Å². The van der Waals surface area contributed by atoms with E-state index < -0.39 is 0 Å². The second-order valence-corrected chi connectivity index (χ2v) is 4.36. The fourth-order valence-corrected chi connectivity index (χ4v) is 2.01. The van der Waals surface area contributed by atoms with Crippen LogP contribution in [0.1, 0.15) is 35.8 Å². The number of hydrogen-bond acceptors (Lipinski definition) is 3. The number of anilines is 1. The number of carbonyl (C=O) groups is 1. The monoisotopic (exact) mass is 208 g/mol. The summed E-state index contributed by atoms with van der Waals surface area (Å²) < 4.78 is 0. The zero-order valence-corrected chi connectivity index (χ0v) is 9.00. The first-order valence-electron chi connectivity index (χ1n) is 5.19. The van der Waals surface area contributed by atoms with E-state index in [-0.39, 0.29) is 11.7 Å². The molecule has 15 heavy (non-hydrogen) atoms. The van der Waals surface area contributed by atoms with Crippen LogP contribution in [0.3, 0.4) is 0 Å². The minimum absolute atomic E-state index is 0.115. The molecule has 0 atom stereocenters. The van der Waals surface area contributed by atoms with Gasteiger partial charge in [0.2, 0.25) is 0 Å². The van der Waals surface area contributed by atoms with Gasteiger partial charge in [0.15, 0.2) is 5.82 Å². The predicted octanol–water partition coefficient (Wildman–Crippen LogP) is 0.829. The van der Waals surface area contributed by atoms with Crippen LogP contribution in [0.5, 0.6) is 0 Å². The molecule has 5 heteroatoms. The van der Waals surface area contributed by atoms with Crippen LogP contribution in [0.15, 0.2) is 0 Å². The Morgan fingerprint density at radius 2 is 2.27 bits per heavy atom. The van der Waals surface area contributed by atoms with Crippen molar-refractivity contribution >= 4 is 11.7 Å². The summed E-state index contributed by atoms with van der Waals surface area (Å²) in [7, 11) is 0. The van der Waals surface area contributed by atoms with Crippen molar-refractivity contribution in [1.82, 2.24) is 15.5 Å². The van der Waals surface area contributed by atoms with Gasteiger partial charge in [0.1, 0.15) is 5.56 Å². The summed E-state index contributed by atoms with van der Waals surface area (Å²) in [4.78, 5) is 11.8. The molecule has 0 radical (unpaired) electrons. The van der Waals surface area contributed by atoms with Crippen LogP contribution in [-0.2, 0) is 0 Å². The van der Waals surface area contributed by atoms with Crippen molar-refractivity contribution in [3.8, 4) is 0 Å². The number of aryl methyl sites for hydroxylation is 1. The van der Waals surface area contributed by atoms with Gasteiger partial charge in [-0.1, -0.05) is 6.92 Å². The molecule has 1 fully saturated rings. The maximum absolute atomic E-state index is 11.8. The molecule has 0 unspecified atom stereocenters. The zero-order chi connectivity index (χ0) is 11.0. The van der Waals surface area contributed by atoms with Crippen molar-refractivity contribution in [3.63, 3.8) is 0 Å². The van der Waals surface area contributed by atoms with Crippen LogP contribution in [-0.4, -0.2) is 22.1 Å². The molecule has 0 aromatic carbocycles. The molecule has 1 aromatic rings. The van der Waals surface area contributed by atoms with Gasteiger partial charge in [0.25, 0.3) is 5.91 Å². The minimum Gasteiger partial charge on any atom is -0.382 e. The van der Waals surface area contributed by atoms with Crippen LogP contribution in [0.25, 0.3) is 0 Å². The molecule has 1 saturated carbocycles. The van der Waals surface area contributed by atoms with Crippen molar-refractivity contribution < 1.29 is 4.79 Å².